The second kappa shape index (κ2) is 4.04. The van der Waals surface area contributed by atoms with E-state index in [1.165, 1.54) is 17.0 Å². The van der Waals surface area contributed by atoms with Crippen molar-refractivity contribution in [1.29, 1.82) is 0 Å². The summed E-state index contributed by atoms with van der Waals surface area (Å²) in [5.41, 5.74) is 1.28. The number of carbonyl (C=O) groups excluding carboxylic acids is 1. The SMILES string of the molecule is C[C@H]1CC(=O)N(C)c2cc([N+](=O)[O-])ccc2N1. The number of nitro groups is 1. The molecular weight excluding hydrogens is 222 g/mol. The van der Waals surface area contributed by atoms with E-state index in [1.54, 1.807) is 13.1 Å². The number of hydrogen-bond donors (Lipinski definition) is 1. The van der Waals surface area contributed by atoms with E-state index >= 15 is 0 Å². The van der Waals surface area contributed by atoms with E-state index < -0.39 is 4.92 Å². The average Bonchev–Trinajstić information content (AvgIpc) is 2.37. The lowest BCUT2D eigenvalue weighted by Gasteiger charge is -2.16. The average molecular weight is 235 g/mol. The van der Waals surface area contributed by atoms with Gasteiger partial charge in [-0.2, -0.15) is 0 Å². The third-order valence-corrected chi connectivity index (χ3v) is 2.81. The summed E-state index contributed by atoms with van der Waals surface area (Å²) in [7, 11) is 1.63. The number of amides is 1. The first-order valence-electron chi connectivity index (χ1n) is 5.30. The van der Waals surface area contributed by atoms with Crippen LogP contribution in [0.15, 0.2) is 18.2 Å². The Hall–Kier alpha value is -2.11. The maximum Gasteiger partial charge on any atom is 0.271 e. The normalized spacial score (nSPS) is 19.3. The first-order valence-corrected chi connectivity index (χ1v) is 5.30. The van der Waals surface area contributed by atoms with Crippen molar-refractivity contribution < 1.29 is 9.72 Å². The van der Waals surface area contributed by atoms with Crippen LogP contribution in [-0.2, 0) is 4.79 Å². The van der Waals surface area contributed by atoms with Crippen molar-refractivity contribution >= 4 is 23.0 Å². The largest absolute Gasteiger partial charge is 0.380 e. The second-order valence-corrected chi connectivity index (χ2v) is 4.16. The lowest BCUT2D eigenvalue weighted by atomic mass is 10.2. The Bertz CT molecular complexity index is 487. The highest BCUT2D eigenvalue weighted by atomic mass is 16.6. The standard InChI is InChI=1S/C11H13N3O3/c1-7-5-11(15)13(2)10-6-8(14(16)17)3-4-9(10)12-7/h3-4,6-7,12H,5H2,1-2H3/t7-/m0/s1. The van der Waals surface area contributed by atoms with Crippen molar-refractivity contribution in [3.63, 3.8) is 0 Å². The number of nitro benzene ring substituents is 1. The molecule has 0 unspecified atom stereocenters. The number of anilines is 2. The molecule has 0 aromatic heterocycles. The Balaban J connectivity index is 2.51. The van der Waals surface area contributed by atoms with E-state index in [0.29, 0.717) is 12.1 Å². The highest BCUT2D eigenvalue weighted by Gasteiger charge is 2.24. The molecule has 0 fully saturated rings. The maximum absolute atomic E-state index is 11.8. The monoisotopic (exact) mass is 235 g/mol. The maximum atomic E-state index is 11.8. The number of benzene rings is 1. The number of non-ortho nitro benzene ring substituents is 1. The summed E-state index contributed by atoms with van der Waals surface area (Å²) in [6.07, 6.45) is 0.374. The summed E-state index contributed by atoms with van der Waals surface area (Å²) < 4.78 is 0. The predicted octanol–water partition coefficient (Wildman–Crippen LogP) is 1.76. The quantitative estimate of drug-likeness (QED) is 0.594. The molecule has 2 rings (SSSR count). The summed E-state index contributed by atoms with van der Waals surface area (Å²) >= 11 is 0. The zero-order chi connectivity index (χ0) is 12.6. The molecule has 1 N–H and O–H groups in total. The number of rotatable bonds is 1. The number of nitrogens with zero attached hydrogens (tertiary/aromatic N) is 2. The van der Waals surface area contributed by atoms with Gasteiger partial charge in [0.15, 0.2) is 0 Å². The molecule has 1 aromatic rings. The van der Waals surface area contributed by atoms with Crippen LogP contribution in [0.3, 0.4) is 0 Å². The highest BCUT2D eigenvalue weighted by Crippen LogP contribution is 2.32. The van der Waals surface area contributed by atoms with Gasteiger partial charge < -0.3 is 10.2 Å². The van der Waals surface area contributed by atoms with E-state index in [-0.39, 0.29) is 17.6 Å². The summed E-state index contributed by atoms with van der Waals surface area (Å²) in [6, 6.07) is 4.51. The summed E-state index contributed by atoms with van der Waals surface area (Å²) in [6.45, 7) is 1.91. The number of hydrogen-bond acceptors (Lipinski definition) is 4. The van der Waals surface area contributed by atoms with Crippen molar-refractivity contribution in [2.24, 2.45) is 0 Å². The Labute approximate surface area is 98.4 Å². The molecule has 0 radical (unpaired) electrons. The van der Waals surface area contributed by atoms with E-state index in [1.807, 2.05) is 6.92 Å². The molecule has 6 nitrogen and oxygen atoms in total. The highest BCUT2D eigenvalue weighted by molar-refractivity contribution is 5.98. The van der Waals surface area contributed by atoms with Gasteiger partial charge in [-0.05, 0) is 13.0 Å². The van der Waals surface area contributed by atoms with Gasteiger partial charge in [0.05, 0.1) is 16.3 Å². The van der Waals surface area contributed by atoms with E-state index in [9.17, 15) is 14.9 Å². The predicted molar refractivity (Wildman–Crippen MR) is 64.2 cm³/mol. The van der Waals surface area contributed by atoms with Gasteiger partial charge in [0.2, 0.25) is 5.91 Å². The van der Waals surface area contributed by atoms with Crippen LogP contribution < -0.4 is 10.2 Å². The molecule has 1 aliphatic rings. The molecular formula is C11H13N3O3. The van der Waals surface area contributed by atoms with Crippen LogP contribution in [0, 0.1) is 10.1 Å². The minimum Gasteiger partial charge on any atom is -0.380 e. The number of nitrogens with one attached hydrogen (secondary N) is 1. The van der Waals surface area contributed by atoms with E-state index in [2.05, 4.69) is 5.32 Å². The lowest BCUT2D eigenvalue weighted by Crippen LogP contribution is -2.27. The number of carbonyl (C=O) groups is 1. The first kappa shape index (κ1) is 11.4. The molecule has 6 heteroatoms. The van der Waals surface area contributed by atoms with Gasteiger partial charge in [0.1, 0.15) is 0 Å². The molecule has 0 bridgehead atoms. The Morgan fingerprint density at radius 3 is 2.88 bits per heavy atom. The molecule has 0 spiro atoms. The fraction of sp³-hybridized carbons (Fsp3) is 0.364. The summed E-state index contributed by atoms with van der Waals surface area (Å²) in [5.74, 6) is -0.0516. The van der Waals surface area contributed by atoms with Gasteiger partial charge in [-0.1, -0.05) is 0 Å². The Kier molecular flexibility index (Phi) is 2.71. The van der Waals surface area contributed by atoms with E-state index in [4.69, 9.17) is 0 Å². The van der Waals surface area contributed by atoms with Crippen LogP contribution >= 0.6 is 0 Å². The molecule has 0 saturated heterocycles. The Morgan fingerprint density at radius 2 is 2.24 bits per heavy atom. The molecule has 1 amide bonds. The fourth-order valence-electron chi connectivity index (χ4n) is 1.88. The number of fused-ring (bicyclic) bond motifs is 1. The molecule has 90 valence electrons. The van der Waals surface area contributed by atoms with Crippen molar-refractivity contribution in [3.8, 4) is 0 Å². The third-order valence-electron chi connectivity index (χ3n) is 2.81. The molecule has 0 aliphatic carbocycles. The molecule has 0 saturated carbocycles. The van der Waals surface area contributed by atoms with Crippen molar-refractivity contribution in [2.45, 2.75) is 19.4 Å². The molecule has 1 aromatic carbocycles. The van der Waals surface area contributed by atoms with E-state index in [0.717, 1.165) is 5.69 Å². The third kappa shape index (κ3) is 2.06. The first-order chi connectivity index (χ1) is 7.99. The van der Waals surface area contributed by atoms with Crippen molar-refractivity contribution in [3.05, 3.63) is 28.3 Å². The van der Waals surface area contributed by atoms with Crippen molar-refractivity contribution in [1.82, 2.24) is 0 Å². The van der Waals surface area contributed by atoms with Crippen LogP contribution in [0.1, 0.15) is 13.3 Å². The lowest BCUT2D eigenvalue weighted by molar-refractivity contribution is -0.384. The topological polar surface area (TPSA) is 75.5 Å². The van der Waals surface area contributed by atoms with Crippen LogP contribution in [0.5, 0.6) is 0 Å². The minimum absolute atomic E-state index is 0.0141. The van der Waals surface area contributed by atoms with Crippen LogP contribution in [0.2, 0.25) is 0 Å². The molecule has 1 aliphatic heterocycles. The zero-order valence-corrected chi connectivity index (χ0v) is 9.64. The Morgan fingerprint density at radius 1 is 1.53 bits per heavy atom. The fourth-order valence-corrected chi connectivity index (χ4v) is 1.88. The van der Waals surface area contributed by atoms with Gasteiger partial charge in [-0.15, -0.1) is 0 Å². The smallest absolute Gasteiger partial charge is 0.271 e. The minimum atomic E-state index is -0.465. The van der Waals surface area contributed by atoms with Gasteiger partial charge in [-0.25, -0.2) is 0 Å². The van der Waals surface area contributed by atoms with Crippen LogP contribution in [0.25, 0.3) is 0 Å². The molecule has 1 heterocycles. The zero-order valence-electron chi connectivity index (χ0n) is 9.64. The van der Waals surface area contributed by atoms with Gasteiger partial charge in [0.25, 0.3) is 5.69 Å². The van der Waals surface area contributed by atoms with Gasteiger partial charge >= 0.3 is 0 Å². The second-order valence-electron chi connectivity index (χ2n) is 4.16. The van der Waals surface area contributed by atoms with Crippen molar-refractivity contribution in [2.75, 3.05) is 17.3 Å². The van der Waals surface area contributed by atoms with Gasteiger partial charge in [-0.3, -0.25) is 14.9 Å². The molecule has 17 heavy (non-hydrogen) atoms. The summed E-state index contributed by atoms with van der Waals surface area (Å²) in [4.78, 5) is 23.5. The summed E-state index contributed by atoms with van der Waals surface area (Å²) in [5, 5.41) is 13.9. The van der Waals surface area contributed by atoms with Crippen LogP contribution in [0.4, 0.5) is 17.1 Å². The van der Waals surface area contributed by atoms with Crippen LogP contribution in [-0.4, -0.2) is 23.9 Å². The van der Waals surface area contributed by atoms with Gasteiger partial charge in [0, 0.05) is 31.6 Å². The molecule has 1 atom stereocenters.